The van der Waals surface area contributed by atoms with Crippen LogP contribution in [0.25, 0.3) is 0 Å². The zero-order valence-corrected chi connectivity index (χ0v) is 16.1. The van der Waals surface area contributed by atoms with Gasteiger partial charge in [-0.05, 0) is 39.4 Å². The van der Waals surface area contributed by atoms with Crippen molar-refractivity contribution in [3.8, 4) is 0 Å². The molecule has 1 atom stereocenters. The van der Waals surface area contributed by atoms with Crippen molar-refractivity contribution in [2.75, 3.05) is 12.8 Å². The highest BCUT2D eigenvalue weighted by molar-refractivity contribution is 7.96. The van der Waals surface area contributed by atoms with E-state index in [4.69, 9.17) is 0 Å². The zero-order valence-electron chi connectivity index (χ0n) is 15.3. The molecule has 0 saturated carbocycles. The lowest BCUT2D eigenvalue weighted by Crippen LogP contribution is -2.30. The van der Waals surface area contributed by atoms with Gasteiger partial charge in [-0.15, -0.1) is 0 Å². The van der Waals surface area contributed by atoms with Crippen LogP contribution in [0.4, 0.5) is 0 Å². The average Bonchev–Trinajstić information content (AvgIpc) is 2.87. The zero-order chi connectivity index (χ0) is 18.1. The van der Waals surface area contributed by atoms with Crippen LogP contribution in [-0.2, 0) is 4.79 Å². The lowest BCUT2D eigenvalue weighted by molar-refractivity contribution is -0.137. The van der Waals surface area contributed by atoms with Gasteiger partial charge in [0.2, 0.25) is 0 Å². The largest absolute Gasteiger partial charge is 0.480 e. The van der Waals surface area contributed by atoms with Crippen LogP contribution in [0.5, 0.6) is 0 Å². The number of rotatable bonds is 5. The van der Waals surface area contributed by atoms with Crippen molar-refractivity contribution in [3.05, 3.63) is 35.3 Å². The van der Waals surface area contributed by atoms with Gasteiger partial charge in [-0.2, -0.15) is 0 Å². The summed E-state index contributed by atoms with van der Waals surface area (Å²) < 4.78 is 3.42. The van der Waals surface area contributed by atoms with Crippen molar-refractivity contribution in [2.45, 2.75) is 53.0 Å². The molecule has 6 heteroatoms. The second kappa shape index (κ2) is 10.4. The second-order valence-electron chi connectivity index (χ2n) is 5.30. The highest BCUT2D eigenvalue weighted by Crippen LogP contribution is 2.39. The molecule has 0 spiro atoms. The monoisotopic (exact) mass is 351 g/mol. The van der Waals surface area contributed by atoms with E-state index in [0.717, 1.165) is 36.4 Å². The van der Waals surface area contributed by atoms with E-state index >= 15 is 0 Å². The SMILES string of the molecule is CC.C\C=C/N=C1\C2=C(CCC(NSC)C2)N(CC(=O)O)\C1=C\C. The summed E-state index contributed by atoms with van der Waals surface area (Å²) in [4.78, 5) is 17.7. The van der Waals surface area contributed by atoms with Crippen LogP contribution in [-0.4, -0.2) is 40.5 Å². The van der Waals surface area contributed by atoms with Crippen molar-refractivity contribution in [2.24, 2.45) is 4.99 Å². The van der Waals surface area contributed by atoms with Crippen LogP contribution in [0.2, 0.25) is 0 Å². The van der Waals surface area contributed by atoms with Crippen LogP contribution in [0.3, 0.4) is 0 Å². The number of hydrogen-bond donors (Lipinski definition) is 2. The Bertz CT molecular complexity index is 565. The number of hydrogen-bond acceptors (Lipinski definition) is 5. The Morgan fingerprint density at radius 3 is 2.71 bits per heavy atom. The lowest BCUT2D eigenvalue weighted by Gasteiger charge is -2.27. The minimum Gasteiger partial charge on any atom is -0.480 e. The van der Waals surface area contributed by atoms with Gasteiger partial charge in [0.15, 0.2) is 0 Å². The summed E-state index contributed by atoms with van der Waals surface area (Å²) >= 11 is 1.63. The number of aliphatic imine (C=N–C) groups is 1. The number of carboxylic acid groups (broad SMARTS) is 1. The van der Waals surface area contributed by atoms with Gasteiger partial charge in [0.25, 0.3) is 0 Å². The Labute approximate surface area is 149 Å². The molecule has 134 valence electrons. The first-order chi connectivity index (χ1) is 11.6. The van der Waals surface area contributed by atoms with Gasteiger partial charge in [0.05, 0.1) is 11.4 Å². The van der Waals surface area contributed by atoms with Gasteiger partial charge >= 0.3 is 5.97 Å². The third kappa shape index (κ3) is 4.74. The molecule has 1 unspecified atom stereocenters. The van der Waals surface area contributed by atoms with E-state index in [2.05, 4.69) is 9.71 Å². The molecule has 2 N–H and O–H groups in total. The Balaban J connectivity index is 0.00000139. The predicted molar refractivity (Wildman–Crippen MR) is 103 cm³/mol. The molecular weight excluding hydrogens is 322 g/mol. The van der Waals surface area contributed by atoms with Crippen molar-refractivity contribution in [1.29, 1.82) is 0 Å². The first-order valence-electron chi connectivity index (χ1n) is 8.48. The summed E-state index contributed by atoms with van der Waals surface area (Å²) in [5.74, 6) is -0.817. The van der Waals surface area contributed by atoms with E-state index in [9.17, 15) is 9.90 Å². The number of aliphatic carboxylic acids is 1. The molecule has 0 amide bonds. The molecule has 5 nitrogen and oxygen atoms in total. The van der Waals surface area contributed by atoms with Crippen molar-refractivity contribution < 1.29 is 9.90 Å². The number of carboxylic acids is 1. The maximum absolute atomic E-state index is 11.2. The van der Waals surface area contributed by atoms with Crippen LogP contribution in [0.1, 0.15) is 47.0 Å². The molecule has 2 aliphatic rings. The molecule has 0 aromatic rings. The number of allylic oxidation sites excluding steroid dienone is 4. The fourth-order valence-corrected chi connectivity index (χ4v) is 3.59. The molecule has 0 aromatic heterocycles. The van der Waals surface area contributed by atoms with E-state index in [1.54, 1.807) is 18.1 Å². The van der Waals surface area contributed by atoms with E-state index in [-0.39, 0.29) is 6.54 Å². The van der Waals surface area contributed by atoms with Crippen LogP contribution in [0.15, 0.2) is 40.3 Å². The Kier molecular flexibility index (Phi) is 8.85. The van der Waals surface area contributed by atoms with E-state index in [0.29, 0.717) is 6.04 Å². The molecule has 1 aliphatic heterocycles. The first-order valence-corrected chi connectivity index (χ1v) is 9.70. The molecule has 0 bridgehead atoms. The summed E-state index contributed by atoms with van der Waals surface area (Å²) in [7, 11) is 0. The Morgan fingerprint density at radius 2 is 2.17 bits per heavy atom. The minimum absolute atomic E-state index is 0.00596. The minimum atomic E-state index is -0.817. The number of carbonyl (C=O) groups is 1. The summed E-state index contributed by atoms with van der Waals surface area (Å²) in [6, 6.07) is 0.410. The quantitative estimate of drug-likeness (QED) is 0.734. The molecule has 0 radical (unpaired) electrons. The standard InChI is InChI=1S/C16H23N3O2S.C2H6/c1-4-8-17-16-12-9-11(18-22-3)6-7-14(12)19(10-15(20)21)13(16)5-2;1-2/h4-5,8,11,18H,6-7,9-10H2,1-3H3,(H,20,21);1-2H3/b8-4-,13-5+,17-16+;. The van der Waals surface area contributed by atoms with Gasteiger partial charge in [-0.1, -0.05) is 37.9 Å². The van der Waals surface area contributed by atoms with Gasteiger partial charge in [-0.3, -0.25) is 14.5 Å². The molecule has 24 heavy (non-hydrogen) atoms. The highest BCUT2D eigenvalue weighted by atomic mass is 32.2. The third-order valence-corrected chi connectivity index (χ3v) is 4.45. The maximum Gasteiger partial charge on any atom is 0.323 e. The van der Waals surface area contributed by atoms with E-state index < -0.39 is 5.97 Å². The topological polar surface area (TPSA) is 64.9 Å². The second-order valence-corrected chi connectivity index (χ2v) is 5.94. The summed E-state index contributed by atoms with van der Waals surface area (Å²) in [6.07, 6.45) is 10.4. The smallest absolute Gasteiger partial charge is 0.323 e. The van der Waals surface area contributed by atoms with E-state index in [1.807, 2.05) is 51.0 Å². The molecular formula is C18H29N3O2S. The van der Waals surface area contributed by atoms with Crippen molar-refractivity contribution >= 4 is 23.6 Å². The van der Waals surface area contributed by atoms with Crippen molar-refractivity contribution in [1.82, 2.24) is 9.62 Å². The normalized spacial score (nSPS) is 23.7. The van der Waals surface area contributed by atoms with Gasteiger partial charge in [0, 0.05) is 23.5 Å². The van der Waals surface area contributed by atoms with Gasteiger partial charge in [0.1, 0.15) is 6.54 Å². The fourth-order valence-electron chi connectivity index (χ4n) is 3.06. The summed E-state index contributed by atoms with van der Waals surface area (Å²) in [5, 5.41) is 9.22. The average molecular weight is 352 g/mol. The maximum atomic E-state index is 11.2. The Morgan fingerprint density at radius 1 is 1.46 bits per heavy atom. The lowest BCUT2D eigenvalue weighted by atomic mass is 9.91. The molecule has 0 fully saturated rings. The first kappa shape index (κ1) is 20.5. The molecule has 2 rings (SSSR count). The van der Waals surface area contributed by atoms with Crippen LogP contribution < -0.4 is 4.72 Å². The fraction of sp³-hybridized carbons (Fsp3) is 0.556. The van der Waals surface area contributed by atoms with E-state index in [1.165, 1.54) is 5.57 Å². The number of nitrogens with zero attached hydrogens (tertiary/aromatic N) is 2. The number of nitrogens with one attached hydrogen (secondary N) is 1. The van der Waals surface area contributed by atoms with Crippen LogP contribution in [0, 0.1) is 0 Å². The molecule has 0 saturated heterocycles. The molecule has 0 aromatic carbocycles. The molecule has 1 heterocycles. The summed E-state index contributed by atoms with van der Waals surface area (Å²) in [6.45, 7) is 7.86. The van der Waals surface area contributed by atoms with Gasteiger partial charge < -0.3 is 10.0 Å². The predicted octanol–water partition coefficient (Wildman–Crippen LogP) is 3.97. The van der Waals surface area contributed by atoms with Gasteiger partial charge in [-0.25, -0.2) is 0 Å². The third-order valence-electron chi connectivity index (χ3n) is 3.88. The van der Waals surface area contributed by atoms with Crippen LogP contribution >= 0.6 is 11.9 Å². The Hall–Kier alpha value is -1.53. The van der Waals surface area contributed by atoms with Crippen molar-refractivity contribution in [3.63, 3.8) is 0 Å². The molecule has 1 aliphatic carbocycles. The summed E-state index contributed by atoms with van der Waals surface area (Å²) in [5.41, 5.74) is 4.14. The highest BCUT2D eigenvalue weighted by Gasteiger charge is 2.37.